The minimum absolute atomic E-state index is 0.000856. The lowest BCUT2D eigenvalue weighted by Crippen LogP contribution is -2.58. The summed E-state index contributed by atoms with van der Waals surface area (Å²) in [5.41, 5.74) is 1.77. The van der Waals surface area contributed by atoms with E-state index < -0.39 is 29.5 Å². The largest absolute Gasteiger partial charge is 0.478 e. The minimum Gasteiger partial charge on any atom is -0.478 e. The number of hydrogen-bond acceptors (Lipinski definition) is 4. The Balaban J connectivity index is 2.35. The first-order valence-electron chi connectivity index (χ1n) is 11.5. The number of fused-ring (bicyclic) bond motifs is 1. The van der Waals surface area contributed by atoms with E-state index in [0.29, 0.717) is 0 Å². The van der Waals surface area contributed by atoms with E-state index in [-0.39, 0.29) is 23.3 Å². The van der Waals surface area contributed by atoms with E-state index in [1.807, 2.05) is 70.8 Å². The third kappa shape index (κ3) is 6.22. The molecule has 0 saturated heterocycles. The molecule has 0 radical (unpaired) electrons. The van der Waals surface area contributed by atoms with E-state index >= 15 is 0 Å². The fourth-order valence-electron chi connectivity index (χ4n) is 4.33. The van der Waals surface area contributed by atoms with Gasteiger partial charge in [0.25, 0.3) is 0 Å². The van der Waals surface area contributed by atoms with E-state index in [1.54, 1.807) is 18.0 Å². The number of rotatable bonds is 7. The van der Waals surface area contributed by atoms with E-state index in [2.05, 4.69) is 5.32 Å². The summed E-state index contributed by atoms with van der Waals surface area (Å²) in [7, 11) is 3.60. The van der Waals surface area contributed by atoms with E-state index in [0.717, 1.165) is 24.1 Å². The van der Waals surface area contributed by atoms with Crippen LogP contribution in [-0.4, -0.2) is 65.4 Å². The van der Waals surface area contributed by atoms with Gasteiger partial charge in [-0.15, -0.1) is 0 Å². The summed E-state index contributed by atoms with van der Waals surface area (Å²) in [5, 5.41) is 12.3. The van der Waals surface area contributed by atoms with Gasteiger partial charge in [-0.3, -0.25) is 14.5 Å². The molecule has 2 rings (SSSR count). The van der Waals surface area contributed by atoms with Crippen LogP contribution in [0.15, 0.2) is 35.9 Å². The molecule has 0 saturated carbocycles. The fourth-order valence-corrected chi connectivity index (χ4v) is 4.33. The summed E-state index contributed by atoms with van der Waals surface area (Å²) < 4.78 is 0. The van der Waals surface area contributed by atoms with Crippen molar-refractivity contribution in [2.75, 3.05) is 20.6 Å². The van der Waals surface area contributed by atoms with Crippen molar-refractivity contribution < 1.29 is 19.5 Å². The van der Waals surface area contributed by atoms with Crippen LogP contribution in [0, 0.1) is 11.3 Å². The predicted octanol–water partition coefficient (Wildman–Crippen LogP) is 3.26. The molecule has 1 aromatic carbocycles. The molecule has 7 nitrogen and oxygen atoms in total. The number of aliphatic carboxylic acids is 1. The summed E-state index contributed by atoms with van der Waals surface area (Å²) in [5.74, 6) is -1.46. The van der Waals surface area contributed by atoms with Gasteiger partial charge in [0.15, 0.2) is 0 Å². The number of carbonyl (C=O) groups excluding carboxylic acids is 2. The van der Waals surface area contributed by atoms with Gasteiger partial charge < -0.3 is 15.3 Å². The highest BCUT2D eigenvalue weighted by Gasteiger charge is 2.40. The summed E-state index contributed by atoms with van der Waals surface area (Å²) in [6, 6.07) is 6.30. The molecule has 0 bridgehead atoms. The molecule has 0 aromatic heterocycles. The summed E-state index contributed by atoms with van der Waals surface area (Å²) in [4.78, 5) is 42.1. The molecule has 3 atom stereocenters. The van der Waals surface area contributed by atoms with Crippen LogP contribution in [0.5, 0.6) is 0 Å². The number of nitrogens with zero attached hydrogens (tertiary/aromatic N) is 2. The van der Waals surface area contributed by atoms with Gasteiger partial charge in [-0.25, -0.2) is 4.79 Å². The maximum Gasteiger partial charge on any atom is 0.331 e. The van der Waals surface area contributed by atoms with Crippen LogP contribution in [0.25, 0.3) is 0 Å². The SMILES string of the molecule is C/C(=C\C(C(C)C)N(C)C(=O)C(NC(=O)C1c2ccccc2CCN1C)C(C)(C)C)C(=O)O. The standard InChI is InChI=1S/C26H39N3O4/c1-16(2)20(15-17(3)25(32)33)29(8)24(31)22(26(4,5)6)27-23(30)21-19-12-10-9-11-18(19)13-14-28(21)7/h9-12,15-16,20-22H,13-14H2,1-8H3,(H,27,30)(H,32,33)/b17-15+. The summed E-state index contributed by atoms with van der Waals surface area (Å²) >= 11 is 0. The first-order chi connectivity index (χ1) is 15.3. The van der Waals surface area contributed by atoms with Crippen LogP contribution in [0.1, 0.15) is 58.7 Å². The number of amides is 2. The van der Waals surface area contributed by atoms with Crippen molar-refractivity contribution in [2.24, 2.45) is 11.3 Å². The van der Waals surface area contributed by atoms with Crippen LogP contribution >= 0.6 is 0 Å². The van der Waals surface area contributed by atoms with Gasteiger partial charge >= 0.3 is 5.97 Å². The molecule has 2 N–H and O–H groups in total. The average Bonchev–Trinajstić information content (AvgIpc) is 2.73. The zero-order valence-corrected chi connectivity index (χ0v) is 21.2. The number of carboxylic acid groups (broad SMARTS) is 1. The second-order valence-corrected chi connectivity index (χ2v) is 10.5. The molecule has 1 aliphatic heterocycles. The van der Waals surface area contributed by atoms with Crippen molar-refractivity contribution in [3.63, 3.8) is 0 Å². The van der Waals surface area contributed by atoms with Crippen molar-refractivity contribution in [2.45, 2.75) is 66.1 Å². The zero-order valence-electron chi connectivity index (χ0n) is 21.2. The van der Waals surface area contributed by atoms with Gasteiger partial charge in [-0.1, -0.05) is 65.0 Å². The molecule has 182 valence electrons. The Morgan fingerprint density at radius 3 is 2.36 bits per heavy atom. The summed E-state index contributed by atoms with van der Waals surface area (Å²) in [6.45, 7) is 11.9. The lowest BCUT2D eigenvalue weighted by molar-refractivity contribution is -0.141. The summed E-state index contributed by atoms with van der Waals surface area (Å²) in [6.07, 6.45) is 2.49. The van der Waals surface area contributed by atoms with E-state index in [1.165, 1.54) is 6.92 Å². The third-order valence-corrected chi connectivity index (χ3v) is 6.41. The van der Waals surface area contributed by atoms with Crippen molar-refractivity contribution in [3.05, 3.63) is 47.0 Å². The molecule has 0 spiro atoms. The Labute approximate surface area is 197 Å². The fraction of sp³-hybridized carbons (Fsp3) is 0.577. The first-order valence-corrected chi connectivity index (χ1v) is 11.5. The Morgan fingerprint density at radius 1 is 1.21 bits per heavy atom. The first kappa shape index (κ1) is 26.6. The maximum absolute atomic E-state index is 13.7. The lowest BCUT2D eigenvalue weighted by Gasteiger charge is -2.39. The number of carbonyl (C=O) groups is 3. The molecule has 2 amide bonds. The van der Waals surface area contributed by atoms with Gasteiger partial charge in [0.1, 0.15) is 12.1 Å². The third-order valence-electron chi connectivity index (χ3n) is 6.41. The second-order valence-electron chi connectivity index (χ2n) is 10.5. The second kappa shape index (κ2) is 10.5. The van der Waals surface area contributed by atoms with Gasteiger partial charge in [0, 0.05) is 19.2 Å². The van der Waals surface area contributed by atoms with Gasteiger partial charge in [0.05, 0.1) is 6.04 Å². The molecule has 33 heavy (non-hydrogen) atoms. The smallest absolute Gasteiger partial charge is 0.331 e. The monoisotopic (exact) mass is 457 g/mol. The Morgan fingerprint density at radius 2 is 1.82 bits per heavy atom. The van der Waals surface area contributed by atoms with Crippen LogP contribution in [0.4, 0.5) is 0 Å². The Kier molecular flexibility index (Phi) is 8.46. The average molecular weight is 458 g/mol. The van der Waals surface area contributed by atoms with Crippen molar-refractivity contribution in [1.82, 2.24) is 15.1 Å². The van der Waals surface area contributed by atoms with E-state index in [4.69, 9.17) is 0 Å². The van der Waals surface area contributed by atoms with Crippen molar-refractivity contribution in [1.29, 1.82) is 0 Å². The van der Waals surface area contributed by atoms with Crippen LogP contribution in [0.2, 0.25) is 0 Å². The normalized spacial score (nSPS) is 18.9. The molecule has 0 fully saturated rings. The maximum atomic E-state index is 13.7. The Bertz CT molecular complexity index is 916. The van der Waals surface area contributed by atoms with Crippen molar-refractivity contribution >= 4 is 17.8 Å². The molecule has 3 unspecified atom stereocenters. The number of benzene rings is 1. The minimum atomic E-state index is -1.01. The highest BCUT2D eigenvalue weighted by atomic mass is 16.4. The molecular weight excluding hydrogens is 418 g/mol. The molecular formula is C26H39N3O4. The topological polar surface area (TPSA) is 90.0 Å². The van der Waals surface area contributed by atoms with Crippen molar-refractivity contribution in [3.8, 4) is 0 Å². The number of likely N-dealkylation sites (N-methyl/N-ethyl adjacent to an activating group) is 2. The number of nitrogens with one attached hydrogen (secondary N) is 1. The zero-order chi connectivity index (χ0) is 25.1. The van der Waals surface area contributed by atoms with Gasteiger partial charge in [-0.2, -0.15) is 0 Å². The van der Waals surface area contributed by atoms with Gasteiger partial charge in [-0.05, 0) is 42.9 Å². The quantitative estimate of drug-likeness (QED) is 0.614. The molecule has 7 heteroatoms. The lowest BCUT2D eigenvalue weighted by atomic mass is 9.84. The number of hydrogen-bond donors (Lipinski definition) is 2. The molecule has 1 heterocycles. The molecule has 1 aromatic rings. The van der Waals surface area contributed by atoms with Gasteiger partial charge in [0.2, 0.25) is 11.8 Å². The molecule has 0 aliphatic carbocycles. The number of carboxylic acids is 1. The van der Waals surface area contributed by atoms with Crippen LogP contribution < -0.4 is 5.32 Å². The Hall–Kier alpha value is -2.67. The molecule has 1 aliphatic rings. The van der Waals surface area contributed by atoms with Crippen LogP contribution in [0.3, 0.4) is 0 Å². The van der Waals surface area contributed by atoms with Crippen LogP contribution in [-0.2, 0) is 20.8 Å². The predicted molar refractivity (Wildman–Crippen MR) is 130 cm³/mol. The highest BCUT2D eigenvalue weighted by molar-refractivity contribution is 5.91. The highest BCUT2D eigenvalue weighted by Crippen LogP contribution is 2.30. The van der Waals surface area contributed by atoms with E-state index in [9.17, 15) is 19.5 Å².